The Morgan fingerprint density at radius 1 is 1.08 bits per heavy atom. The predicted molar refractivity (Wildman–Crippen MR) is 92.2 cm³/mol. The number of ether oxygens (including phenoxy) is 3. The number of urea groups is 1. The lowest BCUT2D eigenvalue weighted by Gasteiger charge is -2.27. The van der Waals surface area contributed by atoms with Crippen molar-refractivity contribution in [2.45, 2.75) is 12.5 Å². The Bertz CT molecular complexity index is 692. The Balaban J connectivity index is 1.35. The van der Waals surface area contributed by atoms with E-state index in [-0.39, 0.29) is 24.4 Å². The molecule has 1 aromatic carbocycles. The van der Waals surface area contributed by atoms with Gasteiger partial charge in [0.25, 0.3) is 0 Å². The number of carbonyl (C=O) groups excluding carboxylic acids is 2. The van der Waals surface area contributed by atoms with Crippen LogP contribution in [-0.2, 0) is 9.53 Å². The van der Waals surface area contributed by atoms with Crippen molar-refractivity contribution in [3.8, 4) is 11.5 Å². The molecule has 2 saturated heterocycles. The van der Waals surface area contributed by atoms with Gasteiger partial charge in [-0.2, -0.15) is 0 Å². The molecule has 9 heteroatoms. The summed E-state index contributed by atoms with van der Waals surface area (Å²) in [6.07, 6.45) is 0.269. The molecule has 3 heterocycles. The standard InChI is InChI=1S/C17H22N4O5/c22-16-9-12(18-17(23)19-20-3-5-24-6-4-20)11-21(16)13-1-2-14-15(10-13)26-8-7-25-14/h1-2,10,12H,3-9,11H2,(H2,18,19,23)/t12-/m1/s1. The van der Waals surface area contributed by atoms with Crippen molar-refractivity contribution < 1.29 is 23.8 Å². The first-order valence-corrected chi connectivity index (χ1v) is 8.79. The normalized spacial score (nSPS) is 23.0. The highest BCUT2D eigenvalue weighted by Gasteiger charge is 2.32. The minimum absolute atomic E-state index is 0.0293. The van der Waals surface area contributed by atoms with Gasteiger partial charge in [0.2, 0.25) is 5.91 Å². The zero-order valence-electron chi connectivity index (χ0n) is 14.4. The number of hydrogen-bond acceptors (Lipinski definition) is 6. The van der Waals surface area contributed by atoms with E-state index in [1.165, 1.54) is 0 Å². The number of amides is 3. The van der Waals surface area contributed by atoms with Crippen molar-refractivity contribution in [2.75, 3.05) is 51.0 Å². The summed E-state index contributed by atoms with van der Waals surface area (Å²) in [5.41, 5.74) is 3.54. The van der Waals surface area contributed by atoms with Gasteiger partial charge in [-0.3, -0.25) is 10.2 Å². The molecule has 0 aliphatic carbocycles. The molecule has 3 amide bonds. The summed E-state index contributed by atoms with van der Waals surface area (Å²) in [4.78, 5) is 26.2. The van der Waals surface area contributed by atoms with Crippen LogP contribution in [0.1, 0.15) is 6.42 Å². The topological polar surface area (TPSA) is 92.4 Å². The van der Waals surface area contributed by atoms with E-state index in [2.05, 4.69) is 10.7 Å². The van der Waals surface area contributed by atoms with Gasteiger partial charge in [-0.25, -0.2) is 9.80 Å². The number of rotatable bonds is 3. The fourth-order valence-corrected chi connectivity index (χ4v) is 3.29. The van der Waals surface area contributed by atoms with Crippen LogP contribution in [0.2, 0.25) is 0 Å². The maximum absolute atomic E-state index is 12.4. The Labute approximate surface area is 151 Å². The lowest BCUT2D eigenvalue weighted by atomic mass is 10.2. The molecule has 2 fully saturated rings. The molecular weight excluding hydrogens is 340 g/mol. The molecule has 9 nitrogen and oxygen atoms in total. The quantitative estimate of drug-likeness (QED) is 0.793. The third-order valence-corrected chi connectivity index (χ3v) is 4.57. The molecule has 0 unspecified atom stereocenters. The molecule has 0 spiro atoms. The Morgan fingerprint density at radius 3 is 2.65 bits per heavy atom. The minimum Gasteiger partial charge on any atom is -0.486 e. The highest BCUT2D eigenvalue weighted by atomic mass is 16.6. The van der Waals surface area contributed by atoms with E-state index in [0.29, 0.717) is 57.6 Å². The van der Waals surface area contributed by atoms with E-state index in [9.17, 15) is 9.59 Å². The molecule has 0 bridgehead atoms. The SMILES string of the molecule is O=C(N[C@@H]1CC(=O)N(c2ccc3c(c2)OCCO3)C1)NN1CCOCC1. The number of nitrogens with zero attached hydrogens (tertiary/aromatic N) is 2. The molecule has 2 N–H and O–H groups in total. The number of hydrogen-bond donors (Lipinski definition) is 2. The summed E-state index contributed by atoms with van der Waals surface area (Å²) in [5, 5.41) is 4.68. The van der Waals surface area contributed by atoms with E-state index >= 15 is 0 Å². The second-order valence-electron chi connectivity index (χ2n) is 6.42. The van der Waals surface area contributed by atoms with Crippen LogP contribution in [0.15, 0.2) is 18.2 Å². The van der Waals surface area contributed by atoms with Crippen LogP contribution in [-0.4, -0.2) is 69.1 Å². The van der Waals surface area contributed by atoms with Crippen molar-refractivity contribution in [1.82, 2.24) is 15.8 Å². The van der Waals surface area contributed by atoms with Crippen LogP contribution in [0.3, 0.4) is 0 Å². The number of benzene rings is 1. The number of morpholine rings is 1. The number of nitrogens with one attached hydrogen (secondary N) is 2. The molecule has 26 heavy (non-hydrogen) atoms. The number of anilines is 1. The van der Waals surface area contributed by atoms with Crippen LogP contribution >= 0.6 is 0 Å². The largest absolute Gasteiger partial charge is 0.486 e. The van der Waals surface area contributed by atoms with Gasteiger partial charge < -0.3 is 24.4 Å². The summed E-state index contributed by atoms with van der Waals surface area (Å²) in [6.45, 7) is 3.95. The molecule has 140 valence electrons. The minimum atomic E-state index is -0.297. The smallest absolute Gasteiger partial charge is 0.329 e. The van der Waals surface area contributed by atoms with E-state index in [4.69, 9.17) is 14.2 Å². The average molecular weight is 362 g/mol. The molecule has 4 rings (SSSR count). The zero-order valence-corrected chi connectivity index (χ0v) is 14.4. The van der Waals surface area contributed by atoms with Crippen LogP contribution < -0.4 is 25.1 Å². The lowest BCUT2D eigenvalue weighted by molar-refractivity contribution is -0.117. The Kier molecular flexibility index (Phi) is 4.81. The summed E-state index contributed by atoms with van der Waals surface area (Å²) in [7, 11) is 0. The van der Waals surface area contributed by atoms with E-state index in [0.717, 1.165) is 5.69 Å². The summed E-state index contributed by atoms with van der Waals surface area (Å²) >= 11 is 0. The van der Waals surface area contributed by atoms with Crippen LogP contribution in [0.4, 0.5) is 10.5 Å². The second kappa shape index (κ2) is 7.38. The van der Waals surface area contributed by atoms with Gasteiger partial charge >= 0.3 is 6.03 Å². The van der Waals surface area contributed by atoms with Gasteiger partial charge in [-0.1, -0.05) is 0 Å². The Hall–Kier alpha value is -2.52. The van der Waals surface area contributed by atoms with Crippen molar-refractivity contribution in [3.05, 3.63) is 18.2 Å². The fraction of sp³-hybridized carbons (Fsp3) is 0.529. The van der Waals surface area contributed by atoms with E-state index < -0.39 is 0 Å². The maximum Gasteiger partial charge on any atom is 0.329 e. The molecule has 0 radical (unpaired) electrons. The lowest BCUT2D eigenvalue weighted by Crippen LogP contribution is -2.53. The molecule has 3 aliphatic heterocycles. The van der Waals surface area contributed by atoms with Crippen molar-refractivity contribution in [1.29, 1.82) is 0 Å². The first-order chi connectivity index (χ1) is 12.7. The van der Waals surface area contributed by atoms with Crippen LogP contribution in [0.5, 0.6) is 11.5 Å². The molecule has 0 saturated carbocycles. The third-order valence-electron chi connectivity index (χ3n) is 4.57. The van der Waals surface area contributed by atoms with Gasteiger partial charge in [-0.15, -0.1) is 0 Å². The predicted octanol–water partition coefficient (Wildman–Crippen LogP) is 0.110. The highest BCUT2D eigenvalue weighted by Crippen LogP contribution is 2.35. The number of carbonyl (C=O) groups is 2. The maximum atomic E-state index is 12.4. The first kappa shape index (κ1) is 16.9. The van der Waals surface area contributed by atoms with Gasteiger partial charge in [0.15, 0.2) is 11.5 Å². The summed E-state index contributed by atoms with van der Waals surface area (Å²) in [6, 6.07) is 4.91. The zero-order chi connectivity index (χ0) is 17.9. The third kappa shape index (κ3) is 3.68. The van der Waals surface area contributed by atoms with Crippen molar-refractivity contribution >= 4 is 17.6 Å². The van der Waals surface area contributed by atoms with Crippen molar-refractivity contribution in [2.24, 2.45) is 0 Å². The number of fused-ring (bicyclic) bond motifs is 1. The number of hydrazine groups is 1. The molecule has 0 aromatic heterocycles. The average Bonchev–Trinajstić information content (AvgIpc) is 3.02. The molecule has 3 aliphatic rings. The van der Waals surface area contributed by atoms with Gasteiger partial charge in [0, 0.05) is 37.8 Å². The van der Waals surface area contributed by atoms with Gasteiger partial charge in [0.1, 0.15) is 13.2 Å². The monoisotopic (exact) mass is 362 g/mol. The summed E-state index contributed by atoms with van der Waals surface area (Å²) < 4.78 is 16.3. The summed E-state index contributed by atoms with van der Waals surface area (Å²) in [5.74, 6) is 1.30. The molecular formula is C17H22N4O5. The van der Waals surface area contributed by atoms with E-state index in [1.807, 2.05) is 23.2 Å². The van der Waals surface area contributed by atoms with Gasteiger partial charge in [0.05, 0.1) is 19.3 Å². The van der Waals surface area contributed by atoms with Crippen molar-refractivity contribution in [3.63, 3.8) is 0 Å². The molecule has 1 aromatic rings. The second-order valence-corrected chi connectivity index (χ2v) is 6.42. The van der Waals surface area contributed by atoms with Crippen LogP contribution in [0, 0.1) is 0 Å². The van der Waals surface area contributed by atoms with Crippen LogP contribution in [0.25, 0.3) is 0 Å². The highest BCUT2D eigenvalue weighted by molar-refractivity contribution is 5.97. The molecule has 1 atom stereocenters. The Morgan fingerprint density at radius 2 is 1.85 bits per heavy atom. The first-order valence-electron chi connectivity index (χ1n) is 8.79. The van der Waals surface area contributed by atoms with E-state index in [1.54, 1.807) is 4.90 Å². The fourth-order valence-electron chi connectivity index (χ4n) is 3.29. The van der Waals surface area contributed by atoms with Gasteiger partial charge in [-0.05, 0) is 12.1 Å².